The number of benzene rings is 2. The smallest absolute Gasteiger partial charge is 0.244 e. The number of imidazole rings is 1. The van der Waals surface area contributed by atoms with Crippen molar-refractivity contribution in [1.29, 1.82) is 0 Å². The van der Waals surface area contributed by atoms with Crippen molar-refractivity contribution in [3.63, 3.8) is 0 Å². The summed E-state index contributed by atoms with van der Waals surface area (Å²) in [6.45, 7) is 8.77. The average Bonchev–Trinajstić information content (AvgIpc) is 3.19. The van der Waals surface area contributed by atoms with Crippen LogP contribution >= 0.6 is 11.6 Å². The van der Waals surface area contributed by atoms with E-state index in [9.17, 15) is 0 Å². The van der Waals surface area contributed by atoms with Crippen LogP contribution in [0.1, 0.15) is 27.7 Å². The van der Waals surface area contributed by atoms with Crippen molar-refractivity contribution in [2.45, 2.75) is 27.7 Å². The van der Waals surface area contributed by atoms with Crippen LogP contribution in [-0.4, -0.2) is 16.2 Å². The summed E-state index contributed by atoms with van der Waals surface area (Å²) in [6, 6.07) is 15.7. The molecule has 5 heteroatoms. The van der Waals surface area contributed by atoms with Gasteiger partial charge in [0.05, 0.1) is 11.6 Å². The van der Waals surface area contributed by atoms with Crippen LogP contribution in [0, 0.1) is 5.41 Å². The number of hydrogen-bond donors (Lipinski definition) is 0. The van der Waals surface area contributed by atoms with Crippen LogP contribution in [0.25, 0.3) is 17.0 Å². The van der Waals surface area contributed by atoms with E-state index in [1.807, 2.05) is 66.2 Å². The molecule has 0 aliphatic carbocycles. The summed E-state index contributed by atoms with van der Waals surface area (Å²) < 4.78 is 14.0. The maximum absolute atomic E-state index is 6.56. The van der Waals surface area contributed by atoms with Crippen LogP contribution in [0.5, 0.6) is 5.75 Å². The maximum atomic E-state index is 6.56. The molecule has 0 radical (unpaired) electrons. The molecule has 1 aromatic heterocycles. The lowest BCUT2D eigenvalue weighted by atomic mass is 9.93. The summed E-state index contributed by atoms with van der Waals surface area (Å²) in [4.78, 5) is 4.15. The van der Waals surface area contributed by atoms with Crippen LogP contribution in [0.2, 0.25) is 5.02 Å². The Balaban J connectivity index is 2.01. The lowest BCUT2D eigenvalue weighted by Crippen LogP contribution is -2.19. The Bertz CT molecular complexity index is 942. The van der Waals surface area contributed by atoms with E-state index in [4.69, 9.17) is 21.1 Å². The molecule has 0 fully saturated rings. The fourth-order valence-corrected chi connectivity index (χ4v) is 3.14. The molecule has 0 atom stereocenters. The van der Waals surface area contributed by atoms with Gasteiger partial charge in [0.15, 0.2) is 5.76 Å². The third-order valence-electron chi connectivity index (χ3n) is 4.14. The second-order valence-electron chi connectivity index (χ2n) is 7.40. The minimum absolute atomic E-state index is 0.247. The van der Waals surface area contributed by atoms with E-state index < -0.39 is 0 Å². The largest absolute Gasteiger partial charge is 0.492 e. The van der Waals surface area contributed by atoms with Gasteiger partial charge in [-0.3, -0.25) is 4.57 Å². The van der Waals surface area contributed by atoms with Gasteiger partial charge in [-0.25, -0.2) is 4.98 Å². The lowest BCUT2D eigenvalue weighted by molar-refractivity contribution is 0.155. The van der Waals surface area contributed by atoms with Crippen LogP contribution < -0.4 is 4.74 Å². The van der Waals surface area contributed by atoms with Gasteiger partial charge in [0.2, 0.25) is 5.88 Å². The highest BCUT2D eigenvalue weighted by Crippen LogP contribution is 2.35. The summed E-state index contributed by atoms with van der Waals surface area (Å²) in [5, 5.41) is 0.627. The van der Waals surface area contributed by atoms with E-state index in [1.165, 1.54) is 0 Å². The number of allylic oxidation sites excluding steroid dienone is 1. The van der Waals surface area contributed by atoms with E-state index in [-0.39, 0.29) is 5.41 Å². The van der Waals surface area contributed by atoms with Crippen molar-refractivity contribution >= 4 is 17.5 Å². The Morgan fingerprint density at radius 2 is 1.86 bits per heavy atom. The first-order chi connectivity index (χ1) is 13.4. The second-order valence-corrected chi connectivity index (χ2v) is 7.80. The monoisotopic (exact) mass is 396 g/mol. The van der Waals surface area contributed by atoms with Gasteiger partial charge >= 0.3 is 0 Å². The number of aromatic nitrogens is 2. The van der Waals surface area contributed by atoms with Gasteiger partial charge in [-0.15, -0.1) is 0 Å². The van der Waals surface area contributed by atoms with Crippen molar-refractivity contribution in [2.75, 3.05) is 6.61 Å². The zero-order valence-electron chi connectivity index (χ0n) is 16.6. The molecule has 0 amide bonds. The van der Waals surface area contributed by atoms with Crippen molar-refractivity contribution < 1.29 is 9.47 Å². The Morgan fingerprint density at radius 3 is 2.43 bits per heavy atom. The number of nitrogens with zero attached hydrogens (tertiary/aromatic N) is 2. The summed E-state index contributed by atoms with van der Waals surface area (Å²) in [5.41, 5.74) is 1.78. The van der Waals surface area contributed by atoms with Gasteiger partial charge in [-0.05, 0) is 24.6 Å². The third kappa shape index (κ3) is 4.57. The van der Waals surface area contributed by atoms with Gasteiger partial charge in [0.25, 0.3) is 0 Å². The lowest BCUT2D eigenvalue weighted by Gasteiger charge is -2.26. The highest BCUT2D eigenvalue weighted by molar-refractivity contribution is 6.33. The van der Waals surface area contributed by atoms with E-state index in [2.05, 4.69) is 25.8 Å². The van der Waals surface area contributed by atoms with Gasteiger partial charge in [0.1, 0.15) is 12.1 Å². The Morgan fingerprint density at radius 1 is 1.11 bits per heavy atom. The molecule has 0 bridgehead atoms. The molecule has 1 heterocycles. The predicted octanol–water partition coefficient (Wildman–Crippen LogP) is 6.49. The highest BCUT2D eigenvalue weighted by Gasteiger charge is 2.26. The molecule has 4 nitrogen and oxygen atoms in total. The molecule has 146 valence electrons. The van der Waals surface area contributed by atoms with Crippen LogP contribution in [-0.2, 0) is 4.74 Å². The second kappa shape index (κ2) is 8.53. The molecule has 28 heavy (non-hydrogen) atoms. The van der Waals surface area contributed by atoms with Gasteiger partial charge in [-0.1, -0.05) is 62.7 Å². The van der Waals surface area contributed by atoms with E-state index in [1.54, 1.807) is 12.5 Å². The van der Waals surface area contributed by atoms with Gasteiger partial charge in [0, 0.05) is 29.4 Å². The molecular formula is C23H25ClN2O2. The zero-order valence-corrected chi connectivity index (χ0v) is 17.4. The zero-order chi connectivity index (χ0) is 20.1. The number of hydrogen-bond acceptors (Lipinski definition) is 3. The summed E-state index contributed by atoms with van der Waals surface area (Å²) in [7, 11) is 0. The van der Waals surface area contributed by atoms with Crippen molar-refractivity contribution in [2.24, 2.45) is 5.41 Å². The topological polar surface area (TPSA) is 36.3 Å². The van der Waals surface area contributed by atoms with Gasteiger partial charge in [-0.2, -0.15) is 0 Å². The Kier molecular flexibility index (Phi) is 6.10. The van der Waals surface area contributed by atoms with E-state index in [0.29, 0.717) is 23.3 Å². The van der Waals surface area contributed by atoms with E-state index >= 15 is 0 Å². The predicted molar refractivity (Wildman–Crippen MR) is 114 cm³/mol. The molecular weight excluding hydrogens is 372 g/mol. The first-order valence-corrected chi connectivity index (χ1v) is 9.66. The molecule has 0 saturated carbocycles. The van der Waals surface area contributed by atoms with Crippen LogP contribution in [0.4, 0.5) is 0 Å². The molecule has 0 spiro atoms. The summed E-state index contributed by atoms with van der Waals surface area (Å²) in [5.74, 6) is 1.96. The molecule has 3 aromatic rings. The molecule has 0 saturated heterocycles. The van der Waals surface area contributed by atoms with Crippen LogP contribution in [0.3, 0.4) is 0 Å². The quantitative estimate of drug-likeness (QED) is 0.446. The molecule has 2 aromatic carbocycles. The first kappa shape index (κ1) is 20.0. The highest BCUT2D eigenvalue weighted by atomic mass is 35.5. The van der Waals surface area contributed by atoms with Gasteiger partial charge < -0.3 is 9.47 Å². The van der Waals surface area contributed by atoms with Crippen LogP contribution in [0.15, 0.2) is 73.0 Å². The number of ether oxygens (including phenoxy) is 2. The standard InChI is InChI=1S/C23H25ClN2O2/c1-5-27-21(23(2,3)4)22(26-14-13-25-16-26)28-18-11-12-19(20(24)15-18)17-9-7-6-8-10-17/h6-16H,5H2,1-4H3/b22-21+. The molecule has 0 aliphatic heterocycles. The number of rotatable bonds is 6. The Hall–Kier alpha value is -2.72. The fraction of sp³-hybridized carbons (Fsp3) is 0.261. The molecule has 0 N–H and O–H groups in total. The average molecular weight is 397 g/mol. The fourth-order valence-electron chi connectivity index (χ4n) is 2.86. The van der Waals surface area contributed by atoms with Crippen molar-refractivity contribution in [1.82, 2.24) is 9.55 Å². The SMILES string of the molecule is CCO/C(=C(/Oc1ccc(-c2ccccc2)c(Cl)c1)n1ccnc1)C(C)(C)C. The molecule has 3 rings (SSSR count). The first-order valence-electron chi connectivity index (χ1n) is 9.29. The van der Waals surface area contributed by atoms with Crippen molar-refractivity contribution in [3.05, 3.63) is 78.0 Å². The normalized spacial score (nSPS) is 12.5. The molecule has 0 unspecified atom stereocenters. The minimum atomic E-state index is -0.247. The number of halogens is 1. The Labute approximate surface area is 171 Å². The minimum Gasteiger partial charge on any atom is -0.492 e. The summed E-state index contributed by atoms with van der Waals surface area (Å²) in [6.07, 6.45) is 5.24. The third-order valence-corrected chi connectivity index (χ3v) is 4.46. The van der Waals surface area contributed by atoms with Crippen molar-refractivity contribution in [3.8, 4) is 16.9 Å². The molecule has 0 aliphatic rings. The summed E-state index contributed by atoms with van der Waals surface area (Å²) >= 11 is 6.56. The maximum Gasteiger partial charge on any atom is 0.244 e. The van der Waals surface area contributed by atoms with E-state index in [0.717, 1.165) is 16.9 Å².